The van der Waals surface area contributed by atoms with Crippen LogP contribution in [0.2, 0.25) is 0 Å². The maximum atomic E-state index is 13.0. The Hall–Kier alpha value is -1.78. The lowest BCUT2D eigenvalue weighted by atomic mass is 9.91. The molecule has 0 fully saturated rings. The highest BCUT2D eigenvalue weighted by molar-refractivity contribution is 5.89. The van der Waals surface area contributed by atoms with Crippen molar-refractivity contribution in [2.24, 2.45) is 0 Å². The molecule has 18 heavy (non-hydrogen) atoms. The zero-order valence-corrected chi connectivity index (χ0v) is 9.83. The summed E-state index contributed by atoms with van der Waals surface area (Å²) in [7, 11) is 0. The van der Waals surface area contributed by atoms with E-state index in [2.05, 4.69) is 11.3 Å². The van der Waals surface area contributed by atoms with E-state index in [-0.39, 0.29) is 12.2 Å². The first kappa shape index (κ1) is 14.3. The third-order valence-electron chi connectivity index (χ3n) is 2.35. The van der Waals surface area contributed by atoms with Gasteiger partial charge in [0.25, 0.3) is 0 Å². The van der Waals surface area contributed by atoms with Crippen LogP contribution in [-0.4, -0.2) is 18.8 Å². The van der Waals surface area contributed by atoms with E-state index in [0.29, 0.717) is 0 Å². The molecular weight excluding hydrogens is 245 g/mol. The molecule has 0 aliphatic rings. The van der Waals surface area contributed by atoms with E-state index in [0.717, 1.165) is 0 Å². The summed E-state index contributed by atoms with van der Waals surface area (Å²) in [5.41, 5.74) is -0.626. The average Bonchev–Trinajstić information content (AvgIpc) is 2.29. The minimum Gasteiger partial charge on any atom is -0.463 e. The van der Waals surface area contributed by atoms with Gasteiger partial charge in [-0.3, -0.25) is 0 Å². The molecular formula is C13H13F3O2. The molecule has 0 aliphatic heterocycles. The molecule has 1 unspecified atom stereocenters. The summed E-state index contributed by atoms with van der Waals surface area (Å²) >= 11 is 0. The fraction of sp³-hybridized carbons (Fsp3) is 0.308. The zero-order chi connectivity index (χ0) is 13.8. The molecule has 0 spiro atoms. The lowest BCUT2D eigenvalue weighted by Gasteiger charge is -2.21. The van der Waals surface area contributed by atoms with Crippen molar-refractivity contribution in [3.8, 4) is 0 Å². The number of esters is 1. The van der Waals surface area contributed by atoms with E-state index in [1.165, 1.54) is 31.2 Å². The van der Waals surface area contributed by atoms with Gasteiger partial charge >= 0.3 is 12.1 Å². The molecule has 1 aromatic carbocycles. The molecule has 1 atom stereocenters. The minimum atomic E-state index is -4.58. The predicted molar refractivity (Wildman–Crippen MR) is 61.0 cm³/mol. The van der Waals surface area contributed by atoms with Crippen molar-refractivity contribution in [2.45, 2.75) is 19.0 Å². The number of ether oxygens (including phenoxy) is 1. The maximum Gasteiger partial charge on any atom is 0.399 e. The van der Waals surface area contributed by atoms with Crippen LogP contribution in [0.1, 0.15) is 18.4 Å². The number of carbonyl (C=O) groups excluding carboxylic acids is 1. The number of hydrogen-bond acceptors (Lipinski definition) is 2. The SMILES string of the molecule is C=C(C(=O)OCC)C(c1ccccc1)C(F)(F)F. The van der Waals surface area contributed by atoms with Gasteiger partial charge in [0, 0.05) is 5.57 Å². The van der Waals surface area contributed by atoms with Crippen LogP contribution in [0.25, 0.3) is 0 Å². The van der Waals surface area contributed by atoms with Crippen molar-refractivity contribution in [3.05, 3.63) is 48.0 Å². The normalized spacial score (nSPS) is 12.9. The molecule has 0 saturated heterocycles. The van der Waals surface area contributed by atoms with Gasteiger partial charge in [0.05, 0.1) is 6.61 Å². The number of halogens is 3. The van der Waals surface area contributed by atoms with Gasteiger partial charge in [0.2, 0.25) is 0 Å². The summed E-state index contributed by atoms with van der Waals surface area (Å²) in [6.07, 6.45) is -4.58. The van der Waals surface area contributed by atoms with Gasteiger partial charge in [0.1, 0.15) is 5.92 Å². The van der Waals surface area contributed by atoms with Gasteiger partial charge in [-0.15, -0.1) is 0 Å². The van der Waals surface area contributed by atoms with Crippen LogP contribution in [-0.2, 0) is 9.53 Å². The first-order valence-corrected chi connectivity index (χ1v) is 5.35. The van der Waals surface area contributed by atoms with Crippen LogP contribution in [0.3, 0.4) is 0 Å². The number of rotatable bonds is 4. The van der Waals surface area contributed by atoms with Gasteiger partial charge in [-0.1, -0.05) is 36.9 Å². The summed E-state index contributed by atoms with van der Waals surface area (Å²) < 4.78 is 43.5. The molecule has 0 aliphatic carbocycles. The molecule has 0 N–H and O–H groups in total. The van der Waals surface area contributed by atoms with Crippen molar-refractivity contribution < 1.29 is 22.7 Å². The van der Waals surface area contributed by atoms with Crippen molar-refractivity contribution in [1.29, 1.82) is 0 Å². The number of alkyl halides is 3. The third-order valence-corrected chi connectivity index (χ3v) is 2.35. The standard InChI is InChI=1S/C13H13F3O2/c1-3-18-12(17)9(2)11(13(14,15)16)10-7-5-4-6-8-10/h4-8,11H,2-3H2,1H3. The van der Waals surface area contributed by atoms with Crippen molar-refractivity contribution >= 4 is 5.97 Å². The van der Waals surface area contributed by atoms with Gasteiger partial charge in [0.15, 0.2) is 0 Å². The van der Waals surface area contributed by atoms with E-state index in [1.807, 2.05) is 0 Å². The molecule has 0 amide bonds. The molecule has 0 saturated carbocycles. The largest absolute Gasteiger partial charge is 0.463 e. The first-order chi connectivity index (χ1) is 8.38. The summed E-state index contributed by atoms with van der Waals surface area (Å²) in [6.45, 7) is 4.76. The fourth-order valence-corrected chi connectivity index (χ4v) is 1.57. The van der Waals surface area contributed by atoms with Crippen LogP contribution >= 0.6 is 0 Å². The Balaban J connectivity index is 3.08. The van der Waals surface area contributed by atoms with Crippen LogP contribution in [0.15, 0.2) is 42.5 Å². The number of carbonyl (C=O) groups is 1. The predicted octanol–water partition coefficient (Wildman–Crippen LogP) is 3.45. The van der Waals surface area contributed by atoms with Gasteiger partial charge in [-0.05, 0) is 12.5 Å². The average molecular weight is 258 g/mol. The van der Waals surface area contributed by atoms with Crippen molar-refractivity contribution in [2.75, 3.05) is 6.61 Å². The summed E-state index contributed by atoms with van der Waals surface area (Å²) in [4.78, 5) is 11.4. The van der Waals surface area contributed by atoms with E-state index in [4.69, 9.17) is 0 Å². The quantitative estimate of drug-likeness (QED) is 0.610. The second kappa shape index (κ2) is 5.71. The molecule has 0 bridgehead atoms. The number of benzene rings is 1. The Morgan fingerprint density at radius 1 is 1.33 bits per heavy atom. The summed E-state index contributed by atoms with van der Waals surface area (Å²) in [6, 6.07) is 7.17. The first-order valence-electron chi connectivity index (χ1n) is 5.35. The number of hydrogen-bond donors (Lipinski definition) is 0. The highest BCUT2D eigenvalue weighted by Gasteiger charge is 2.44. The van der Waals surface area contributed by atoms with Crippen LogP contribution < -0.4 is 0 Å². The van der Waals surface area contributed by atoms with E-state index in [9.17, 15) is 18.0 Å². The van der Waals surface area contributed by atoms with Gasteiger partial charge in [-0.25, -0.2) is 4.79 Å². The maximum absolute atomic E-state index is 13.0. The van der Waals surface area contributed by atoms with E-state index < -0.39 is 23.6 Å². The topological polar surface area (TPSA) is 26.3 Å². The van der Waals surface area contributed by atoms with Gasteiger partial charge in [-0.2, -0.15) is 13.2 Å². The van der Waals surface area contributed by atoms with Crippen molar-refractivity contribution in [1.82, 2.24) is 0 Å². The Bertz CT molecular complexity index is 424. The second-order valence-electron chi connectivity index (χ2n) is 3.63. The summed E-state index contributed by atoms with van der Waals surface area (Å²) in [5.74, 6) is -3.05. The zero-order valence-electron chi connectivity index (χ0n) is 9.83. The molecule has 0 aromatic heterocycles. The second-order valence-corrected chi connectivity index (χ2v) is 3.63. The third kappa shape index (κ3) is 3.35. The molecule has 5 heteroatoms. The van der Waals surface area contributed by atoms with E-state index in [1.54, 1.807) is 6.07 Å². The lowest BCUT2D eigenvalue weighted by molar-refractivity contribution is -0.154. The van der Waals surface area contributed by atoms with Crippen LogP contribution in [0.4, 0.5) is 13.2 Å². The smallest absolute Gasteiger partial charge is 0.399 e. The molecule has 1 rings (SSSR count). The summed E-state index contributed by atoms with van der Waals surface area (Å²) in [5, 5.41) is 0. The lowest BCUT2D eigenvalue weighted by Crippen LogP contribution is -2.26. The Kier molecular flexibility index (Phi) is 4.53. The van der Waals surface area contributed by atoms with Crippen LogP contribution in [0.5, 0.6) is 0 Å². The Labute approximate surface area is 103 Å². The molecule has 0 heterocycles. The monoisotopic (exact) mass is 258 g/mol. The van der Waals surface area contributed by atoms with Crippen LogP contribution in [0, 0.1) is 0 Å². The highest BCUT2D eigenvalue weighted by Crippen LogP contribution is 2.39. The molecule has 1 aromatic rings. The van der Waals surface area contributed by atoms with Crippen molar-refractivity contribution in [3.63, 3.8) is 0 Å². The molecule has 98 valence electrons. The fourth-order valence-electron chi connectivity index (χ4n) is 1.57. The molecule has 0 radical (unpaired) electrons. The minimum absolute atomic E-state index is 0.0111. The highest BCUT2D eigenvalue weighted by atomic mass is 19.4. The Morgan fingerprint density at radius 3 is 2.33 bits per heavy atom. The van der Waals surface area contributed by atoms with E-state index >= 15 is 0 Å². The Morgan fingerprint density at radius 2 is 1.89 bits per heavy atom. The molecule has 2 nitrogen and oxygen atoms in total. The van der Waals surface area contributed by atoms with Gasteiger partial charge < -0.3 is 4.74 Å².